The summed E-state index contributed by atoms with van der Waals surface area (Å²) in [5.74, 6) is 0.381. The van der Waals surface area contributed by atoms with Gasteiger partial charge in [0.05, 0.1) is 31.7 Å². The number of hydrogen-bond donors (Lipinski definition) is 2. The topological polar surface area (TPSA) is 99.1 Å². The van der Waals surface area contributed by atoms with E-state index in [-0.39, 0.29) is 18.8 Å². The molecule has 1 aliphatic rings. The van der Waals surface area contributed by atoms with Crippen LogP contribution >= 0.6 is 0 Å². The summed E-state index contributed by atoms with van der Waals surface area (Å²) in [7, 11) is 0. The van der Waals surface area contributed by atoms with Gasteiger partial charge in [-0.15, -0.1) is 0 Å². The predicted octanol–water partition coefficient (Wildman–Crippen LogP) is -0.269. The summed E-state index contributed by atoms with van der Waals surface area (Å²) in [6.45, 7) is 0.598. The number of imidazole rings is 1. The van der Waals surface area contributed by atoms with Crippen LogP contribution in [0, 0.1) is 0 Å². The quantitative estimate of drug-likeness (QED) is 0.743. The van der Waals surface area contributed by atoms with Crippen molar-refractivity contribution in [1.82, 2.24) is 19.5 Å². The van der Waals surface area contributed by atoms with Crippen molar-refractivity contribution in [3.8, 4) is 0 Å². The van der Waals surface area contributed by atoms with E-state index >= 15 is 0 Å². The first-order valence-electron chi connectivity index (χ1n) is 5.45. The van der Waals surface area contributed by atoms with Gasteiger partial charge in [0.1, 0.15) is 11.8 Å². The Kier molecular flexibility index (Phi) is 2.41. The molecule has 1 aliphatic heterocycles. The van der Waals surface area contributed by atoms with Crippen molar-refractivity contribution in [1.29, 1.82) is 0 Å². The van der Waals surface area contributed by atoms with Gasteiger partial charge in [-0.25, -0.2) is 15.0 Å². The highest BCUT2D eigenvalue weighted by molar-refractivity contribution is 5.81. The number of nitrogen functional groups attached to an aromatic ring is 1. The van der Waals surface area contributed by atoms with Gasteiger partial charge in [0.25, 0.3) is 0 Å². The van der Waals surface area contributed by atoms with Crippen LogP contribution in [-0.4, -0.2) is 43.9 Å². The van der Waals surface area contributed by atoms with E-state index < -0.39 is 0 Å². The zero-order valence-corrected chi connectivity index (χ0v) is 9.15. The van der Waals surface area contributed by atoms with Crippen molar-refractivity contribution in [2.45, 2.75) is 18.6 Å². The van der Waals surface area contributed by atoms with Crippen LogP contribution in [0.25, 0.3) is 11.2 Å². The fourth-order valence-corrected chi connectivity index (χ4v) is 2.15. The second kappa shape index (κ2) is 3.94. The van der Waals surface area contributed by atoms with Gasteiger partial charge in [0.2, 0.25) is 0 Å². The fourth-order valence-electron chi connectivity index (χ4n) is 2.15. The van der Waals surface area contributed by atoms with E-state index in [0.29, 0.717) is 23.6 Å². The van der Waals surface area contributed by atoms with Gasteiger partial charge in [0, 0.05) is 0 Å². The summed E-state index contributed by atoms with van der Waals surface area (Å²) in [5, 5.41) is 9.04. The van der Waals surface area contributed by atoms with Crippen LogP contribution in [0.4, 0.5) is 5.82 Å². The Morgan fingerprint density at radius 2 is 2.35 bits per heavy atom. The van der Waals surface area contributed by atoms with E-state index in [2.05, 4.69) is 15.0 Å². The minimum Gasteiger partial charge on any atom is -0.394 e. The molecule has 1 fully saturated rings. The SMILES string of the molecule is Nc1ncnc2c1ncn2[C@H]1CO[C@H](CO)C1. The number of nitrogens with zero attached hydrogens (tertiary/aromatic N) is 4. The van der Waals surface area contributed by atoms with Crippen molar-refractivity contribution in [2.24, 2.45) is 0 Å². The standard InChI is InChI=1S/C10H13N5O2/c11-9-8-10(13-4-12-9)15(5-14-8)6-1-7(2-16)17-3-6/h4-7,16H,1-3H2,(H2,11,12,13)/t6-,7+/m1/s1. The zero-order chi connectivity index (χ0) is 11.8. The Morgan fingerprint density at radius 3 is 3.12 bits per heavy atom. The monoisotopic (exact) mass is 235 g/mol. The lowest BCUT2D eigenvalue weighted by Gasteiger charge is -2.10. The number of nitrogens with two attached hydrogens (primary N) is 1. The van der Waals surface area contributed by atoms with Gasteiger partial charge in [0.15, 0.2) is 11.5 Å². The first-order chi connectivity index (χ1) is 8.29. The van der Waals surface area contributed by atoms with Gasteiger partial charge >= 0.3 is 0 Å². The third-order valence-electron chi connectivity index (χ3n) is 3.04. The molecule has 0 saturated carbocycles. The molecule has 0 amide bonds. The largest absolute Gasteiger partial charge is 0.394 e. The summed E-state index contributed by atoms with van der Waals surface area (Å²) in [6, 6.07) is 0.145. The van der Waals surface area contributed by atoms with Gasteiger partial charge in [-0.1, -0.05) is 0 Å². The van der Waals surface area contributed by atoms with Crippen LogP contribution in [0.15, 0.2) is 12.7 Å². The third-order valence-corrected chi connectivity index (χ3v) is 3.04. The second-order valence-corrected chi connectivity index (χ2v) is 4.11. The van der Waals surface area contributed by atoms with Crippen molar-refractivity contribution in [3.63, 3.8) is 0 Å². The van der Waals surface area contributed by atoms with Crippen molar-refractivity contribution >= 4 is 17.0 Å². The van der Waals surface area contributed by atoms with E-state index in [1.165, 1.54) is 6.33 Å². The number of fused-ring (bicyclic) bond motifs is 1. The number of aliphatic hydroxyl groups is 1. The molecule has 3 rings (SSSR count). The molecule has 3 heterocycles. The third kappa shape index (κ3) is 1.63. The first kappa shape index (κ1) is 10.4. The number of hydrogen-bond acceptors (Lipinski definition) is 6. The van der Waals surface area contributed by atoms with Crippen LogP contribution in [0.3, 0.4) is 0 Å². The van der Waals surface area contributed by atoms with Crippen LogP contribution < -0.4 is 5.73 Å². The maximum absolute atomic E-state index is 9.04. The van der Waals surface area contributed by atoms with Gasteiger partial charge in [-0.05, 0) is 6.42 Å². The van der Waals surface area contributed by atoms with Crippen molar-refractivity contribution < 1.29 is 9.84 Å². The minimum atomic E-state index is -0.100. The molecule has 17 heavy (non-hydrogen) atoms. The molecule has 1 saturated heterocycles. The molecule has 7 nitrogen and oxygen atoms in total. The molecular weight excluding hydrogens is 222 g/mol. The Hall–Kier alpha value is -1.73. The lowest BCUT2D eigenvalue weighted by Crippen LogP contribution is -2.11. The Morgan fingerprint density at radius 1 is 1.47 bits per heavy atom. The summed E-state index contributed by atoms with van der Waals surface area (Å²) < 4.78 is 7.38. The van der Waals surface area contributed by atoms with E-state index in [1.807, 2.05) is 4.57 Å². The van der Waals surface area contributed by atoms with Crippen molar-refractivity contribution in [3.05, 3.63) is 12.7 Å². The minimum absolute atomic E-state index is 0.0419. The zero-order valence-electron chi connectivity index (χ0n) is 9.15. The number of aliphatic hydroxyl groups excluding tert-OH is 1. The average Bonchev–Trinajstić information content (AvgIpc) is 2.94. The Labute approximate surface area is 97.3 Å². The predicted molar refractivity (Wildman–Crippen MR) is 60.2 cm³/mol. The molecule has 2 atom stereocenters. The summed E-state index contributed by atoms with van der Waals surface area (Å²) in [6.07, 6.45) is 3.78. The number of anilines is 1. The molecule has 2 aromatic heterocycles. The maximum Gasteiger partial charge on any atom is 0.165 e. The summed E-state index contributed by atoms with van der Waals surface area (Å²) in [5.41, 5.74) is 7.05. The fraction of sp³-hybridized carbons (Fsp3) is 0.500. The van der Waals surface area contributed by atoms with Crippen molar-refractivity contribution in [2.75, 3.05) is 18.9 Å². The van der Waals surface area contributed by atoms with Gasteiger partial charge in [-0.2, -0.15) is 0 Å². The lowest BCUT2D eigenvalue weighted by molar-refractivity contribution is 0.0576. The Bertz CT molecular complexity index is 540. The highest BCUT2D eigenvalue weighted by atomic mass is 16.5. The lowest BCUT2D eigenvalue weighted by atomic mass is 10.2. The molecule has 0 unspecified atom stereocenters. The second-order valence-electron chi connectivity index (χ2n) is 4.11. The number of aromatic nitrogens is 4. The summed E-state index contributed by atoms with van der Waals surface area (Å²) in [4.78, 5) is 12.3. The molecule has 0 aliphatic carbocycles. The normalized spacial score (nSPS) is 24.5. The molecule has 0 radical (unpaired) electrons. The van der Waals surface area contributed by atoms with Crippen LogP contribution in [-0.2, 0) is 4.74 Å². The highest BCUT2D eigenvalue weighted by Crippen LogP contribution is 2.27. The molecular formula is C10H13N5O2. The summed E-state index contributed by atoms with van der Waals surface area (Å²) >= 11 is 0. The molecule has 0 aromatic carbocycles. The van der Waals surface area contributed by atoms with Gasteiger partial charge in [-0.3, -0.25) is 0 Å². The molecule has 0 spiro atoms. The molecule has 0 bridgehead atoms. The molecule has 2 aromatic rings. The molecule has 3 N–H and O–H groups in total. The van der Waals surface area contributed by atoms with Crippen LogP contribution in [0.2, 0.25) is 0 Å². The van der Waals surface area contributed by atoms with Crippen LogP contribution in [0.1, 0.15) is 12.5 Å². The Balaban J connectivity index is 1.99. The van der Waals surface area contributed by atoms with E-state index in [4.69, 9.17) is 15.6 Å². The molecule has 90 valence electrons. The number of ether oxygens (including phenoxy) is 1. The van der Waals surface area contributed by atoms with E-state index in [9.17, 15) is 0 Å². The van der Waals surface area contributed by atoms with E-state index in [1.54, 1.807) is 6.33 Å². The first-order valence-corrected chi connectivity index (χ1v) is 5.45. The smallest absolute Gasteiger partial charge is 0.165 e. The van der Waals surface area contributed by atoms with Crippen LogP contribution in [0.5, 0.6) is 0 Å². The highest BCUT2D eigenvalue weighted by Gasteiger charge is 2.27. The van der Waals surface area contributed by atoms with Gasteiger partial charge < -0.3 is 20.1 Å². The molecule has 7 heteroatoms. The number of rotatable bonds is 2. The maximum atomic E-state index is 9.04. The van der Waals surface area contributed by atoms with E-state index in [0.717, 1.165) is 6.42 Å². The average molecular weight is 235 g/mol.